The van der Waals surface area contributed by atoms with Crippen LogP contribution in [-0.2, 0) is 21.1 Å². The summed E-state index contributed by atoms with van der Waals surface area (Å²) in [5, 5.41) is 7.15. The normalized spacial score (nSPS) is 13.4. The van der Waals surface area contributed by atoms with Crippen LogP contribution < -0.4 is 0 Å². The second-order valence-electron chi connectivity index (χ2n) is 3.45. The van der Waals surface area contributed by atoms with E-state index in [9.17, 15) is 17.6 Å². The third kappa shape index (κ3) is 3.03. The highest BCUT2D eigenvalue weighted by Gasteiger charge is 2.29. The van der Waals surface area contributed by atoms with Crippen molar-refractivity contribution in [3.8, 4) is 0 Å². The molecule has 1 aromatic carbocycles. The fourth-order valence-electron chi connectivity index (χ4n) is 1.29. The van der Waals surface area contributed by atoms with Gasteiger partial charge in [0.2, 0.25) is 0 Å². The van der Waals surface area contributed by atoms with E-state index in [0.29, 0.717) is 0 Å². The van der Waals surface area contributed by atoms with E-state index in [-0.39, 0.29) is 12.0 Å². The van der Waals surface area contributed by atoms with E-state index in [0.717, 1.165) is 12.3 Å². The lowest BCUT2D eigenvalue weighted by Gasteiger charge is -2.10. The summed E-state index contributed by atoms with van der Waals surface area (Å²) >= 11 is 0. The van der Waals surface area contributed by atoms with E-state index in [1.165, 1.54) is 18.2 Å². The van der Waals surface area contributed by atoms with Crippen LogP contribution in [0.1, 0.15) is 5.56 Å². The van der Waals surface area contributed by atoms with Gasteiger partial charge in [-0.25, -0.2) is 12.8 Å². The average Bonchev–Trinajstić information content (AvgIpc) is 2.14. The summed E-state index contributed by atoms with van der Waals surface area (Å²) in [6.45, 7) is 0. The molecule has 0 saturated carbocycles. The Morgan fingerprint density at radius 2 is 2.00 bits per heavy atom. The third-order valence-corrected chi connectivity index (χ3v) is 3.56. The summed E-state index contributed by atoms with van der Waals surface area (Å²) in [5.74, 6) is -2.07. The van der Waals surface area contributed by atoms with Gasteiger partial charge in [-0.1, -0.05) is 18.2 Å². The van der Waals surface area contributed by atoms with Gasteiger partial charge in [0.25, 0.3) is 0 Å². The van der Waals surface area contributed by atoms with E-state index in [1.54, 1.807) is 0 Å². The van der Waals surface area contributed by atoms with Crippen molar-refractivity contribution in [3.05, 3.63) is 35.6 Å². The Hall–Kier alpha value is -1.43. The van der Waals surface area contributed by atoms with Crippen LogP contribution in [0.4, 0.5) is 4.39 Å². The van der Waals surface area contributed by atoms with Crippen LogP contribution in [0, 0.1) is 5.82 Å². The molecule has 1 unspecified atom stereocenters. The molecule has 0 fully saturated rings. The molecule has 1 rings (SSSR count). The molecule has 0 radical (unpaired) electrons. The van der Waals surface area contributed by atoms with Crippen LogP contribution in [-0.4, -0.2) is 31.0 Å². The standard InChI is InChI=1S/C10H11FO4S/c1-16(14,15)9(10(12)13)6-7-4-2-3-5-8(7)11/h2-5,9H,6H2,1H3,(H,12,13). The Kier molecular flexibility index (Phi) is 3.64. The number of carboxylic acids is 1. The molecule has 1 N–H and O–H groups in total. The molecule has 4 nitrogen and oxygen atoms in total. The zero-order valence-corrected chi connectivity index (χ0v) is 9.37. The number of rotatable bonds is 4. The topological polar surface area (TPSA) is 71.4 Å². The lowest BCUT2D eigenvalue weighted by molar-refractivity contribution is -0.136. The molecule has 0 aromatic heterocycles. The van der Waals surface area contributed by atoms with Crippen LogP contribution in [0.2, 0.25) is 0 Å². The molecule has 0 aliphatic carbocycles. The summed E-state index contributed by atoms with van der Waals surface area (Å²) < 4.78 is 35.6. The maximum Gasteiger partial charge on any atom is 0.322 e. The van der Waals surface area contributed by atoms with Crippen LogP contribution in [0.25, 0.3) is 0 Å². The minimum absolute atomic E-state index is 0.0836. The van der Waals surface area contributed by atoms with Crippen molar-refractivity contribution in [1.82, 2.24) is 0 Å². The SMILES string of the molecule is CS(=O)(=O)C(Cc1ccccc1F)C(=O)O. The Morgan fingerprint density at radius 3 is 2.44 bits per heavy atom. The van der Waals surface area contributed by atoms with E-state index < -0.39 is 26.9 Å². The molecule has 0 aliphatic heterocycles. The molecule has 0 saturated heterocycles. The van der Waals surface area contributed by atoms with Crippen molar-refractivity contribution in [2.45, 2.75) is 11.7 Å². The lowest BCUT2D eigenvalue weighted by Crippen LogP contribution is -2.31. The summed E-state index contributed by atoms with van der Waals surface area (Å²) in [4.78, 5) is 10.8. The third-order valence-electron chi connectivity index (χ3n) is 2.16. The summed E-state index contributed by atoms with van der Waals surface area (Å²) in [6, 6.07) is 5.52. The fraction of sp³-hybridized carbons (Fsp3) is 0.300. The maximum atomic E-state index is 13.2. The van der Waals surface area contributed by atoms with Gasteiger partial charge in [-0.2, -0.15) is 0 Å². The Bertz CT molecular complexity index is 495. The van der Waals surface area contributed by atoms with Crippen molar-refractivity contribution >= 4 is 15.8 Å². The summed E-state index contributed by atoms with van der Waals surface area (Å²) in [5.41, 5.74) is 0.0836. The number of benzene rings is 1. The molecule has 0 heterocycles. The number of carboxylic acid groups (broad SMARTS) is 1. The highest BCUT2D eigenvalue weighted by molar-refractivity contribution is 7.92. The number of hydrogen-bond donors (Lipinski definition) is 1. The van der Waals surface area contributed by atoms with Crippen LogP contribution in [0.15, 0.2) is 24.3 Å². The van der Waals surface area contributed by atoms with Gasteiger partial charge in [-0.15, -0.1) is 0 Å². The second kappa shape index (κ2) is 4.61. The zero-order valence-electron chi connectivity index (χ0n) is 8.55. The first-order valence-corrected chi connectivity index (χ1v) is 6.43. The number of hydrogen-bond acceptors (Lipinski definition) is 3. The summed E-state index contributed by atoms with van der Waals surface area (Å²) in [7, 11) is -3.75. The van der Waals surface area contributed by atoms with Crippen molar-refractivity contribution in [1.29, 1.82) is 0 Å². The molecule has 1 atom stereocenters. The van der Waals surface area contributed by atoms with Crippen LogP contribution in [0.5, 0.6) is 0 Å². The largest absolute Gasteiger partial charge is 0.480 e. The fourth-order valence-corrected chi connectivity index (χ4v) is 2.13. The molecule has 0 spiro atoms. The molecular weight excluding hydrogens is 235 g/mol. The van der Waals surface area contributed by atoms with Gasteiger partial charge in [-0.3, -0.25) is 4.79 Å². The van der Waals surface area contributed by atoms with E-state index in [4.69, 9.17) is 5.11 Å². The monoisotopic (exact) mass is 246 g/mol. The van der Waals surface area contributed by atoms with Gasteiger partial charge < -0.3 is 5.11 Å². The minimum Gasteiger partial charge on any atom is -0.480 e. The van der Waals surface area contributed by atoms with Crippen LogP contribution in [0.3, 0.4) is 0 Å². The second-order valence-corrected chi connectivity index (χ2v) is 5.68. The Balaban J connectivity index is 3.03. The van der Waals surface area contributed by atoms with Crippen molar-refractivity contribution in [3.63, 3.8) is 0 Å². The predicted molar refractivity (Wildman–Crippen MR) is 56.4 cm³/mol. The molecule has 1 aromatic rings. The average molecular weight is 246 g/mol. The van der Waals surface area contributed by atoms with Gasteiger partial charge >= 0.3 is 5.97 Å². The van der Waals surface area contributed by atoms with Crippen molar-refractivity contribution < 1.29 is 22.7 Å². The van der Waals surface area contributed by atoms with Gasteiger partial charge in [0.15, 0.2) is 15.1 Å². The molecule has 16 heavy (non-hydrogen) atoms. The molecule has 0 bridgehead atoms. The molecular formula is C10H11FO4S. The zero-order chi connectivity index (χ0) is 12.3. The van der Waals surface area contributed by atoms with E-state index >= 15 is 0 Å². The molecule has 88 valence electrons. The first kappa shape index (κ1) is 12.6. The lowest BCUT2D eigenvalue weighted by atomic mass is 10.1. The molecule has 0 amide bonds. The molecule has 6 heteroatoms. The van der Waals surface area contributed by atoms with Gasteiger partial charge in [0.05, 0.1) is 0 Å². The first-order valence-electron chi connectivity index (χ1n) is 4.47. The van der Waals surface area contributed by atoms with Gasteiger partial charge in [-0.05, 0) is 11.6 Å². The van der Waals surface area contributed by atoms with Crippen LogP contribution >= 0.6 is 0 Å². The van der Waals surface area contributed by atoms with Gasteiger partial charge in [0.1, 0.15) is 5.82 Å². The highest BCUT2D eigenvalue weighted by Crippen LogP contribution is 2.13. The number of carbonyl (C=O) groups is 1. The number of aliphatic carboxylic acids is 1. The Labute approximate surface area is 92.6 Å². The maximum absolute atomic E-state index is 13.2. The predicted octanol–water partition coefficient (Wildman–Crippen LogP) is 0.866. The smallest absolute Gasteiger partial charge is 0.322 e. The Morgan fingerprint density at radius 1 is 1.44 bits per heavy atom. The van der Waals surface area contributed by atoms with E-state index in [2.05, 4.69) is 0 Å². The molecule has 0 aliphatic rings. The summed E-state index contributed by atoms with van der Waals surface area (Å²) in [6.07, 6.45) is 0.466. The van der Waals surface area contributed by atoms with Crippen molar-refractivity contribution in [2.24, 2.45) is 0 Å². The number of sulfone groups is 1. The quantitative estimate of drug-likeness (QED) is 0.855. The van der Waals surface area contributed by atoms with Gasteiger partial charge in [0, 0.05) is 12.7 Å². The minimum atomic E-state index is -3.75. The van der Waals surface area contributed by atoms with E-state index in [1.807, 2.05) is 0 Å². The number of halogens is 1. The highest BCUT2D eigenvalue weighted by atomic mass is 32.2. The first-order chi connectivity index (χ1) is 7.32. The van der Waals surface area contributed by atoms with Crippen molar-refractivity contribution in [2.75, 3.05) is 6.26 Å².